The number of hydrogen-bond donors (Lipinski definition) is 1. The van der Waals surface area contributed by atoms with E-state index in [1.54, 1.807) is 0 Å². The summed E-state index contributed by atoms with van der Waals surface area (Å²) in [7, 11) is 0. The molecule has 1 nitrogen and oxygen atoms in total. The molecule has 0 amide bonds. The van der Waals surface area contributed by atoms with Gasteiger partial charge in [-0.2, -0.15) is 0 Å². The molecule has 3 unspecified atom stereocenters. The van der Waals surface area contributed by atoms with Crippen LogP contribution in [0.2, 0.25) is 0 Å². The average molecular weight is 273 g/mol. The second-order valence-electron chi connectivity index (χ2n) is 7.28. The molecule has 0 saturated heterocycles. The largest absolute Gasteiger partial charge is 0.313 e. The Morgan fingerprint density at radius 3 is 2.15 bits per heavy atom. The van der Waals surface area contributed by atoms with Crippen LogP contribution < -0.4 is 5.32 Å². The number of nitrogens with one attached hydrogen (secondary N) is 1. The summed E-state index contributed by atoms with van der Waals surface area (Å²) in [6, 6.07) is 11.7. The maximum Gasteiger partial charge on any atom is 0.00723 e. The van der Waals surface area contributed by atoms with Gasteiger partial charge in [0.15, 0.2) is 0 Å². The fourth-order valence-electron chi connectivity index (χ4n) is 3.85. The highest BCUT2D eigenvalue weighted by molar-refractivity contribution is 5.20. The lowest BCUT2D eigenvalue weighted by atomic mass is 9.80. The molecule has 0 spiro atoms. The predicted octanol–water partition coefficient (Wildman–Crippen LogP) is 4.84. The SMILES string of the molecule is CC1CC(C)CC(NCC(c2ccccc2)C(C)C)C1. The zero-order valence-electron chi connectivity index (χ0n) is 13.6. The van der Waals surface area contributed by atoms with E-state index in [1.165, 1.54) is 24.8 Å². The van der Waals surface area contributed by atoms with Gasteiger partial charge in [-0.15, -0.1) is 0 Å². The lowest BCUT2D eigenvalue weighted by Crippen LogP contribution is -2.39. The van der Waals surface area contributed by atoms with Gasteiger partial charge in [-0.25, -0.2) is 0 Å². The van der Waals surface area contributed by atoms with Crippen LogP contribution in [0.1, 0.15) is 58.4 Å². The van der Waals surface area contributed by atoms with Crippen molar-refractivity contribution >= 4 is 0 Å². The third-order valence-electron chi connectivity index (χ3n) is 4.84. The van der Waals surface area contributed by atoms with Crippen molar-refractivity contribution in [3.63, 3.8) is 0 Å². The second-order valence-corrected chi connectivity index (χ2v) is 7.28. The van der Waals surface area contributed by atoms with Crippen molar-refractivity contribution in [3.05, 3.63) is 35.9 Å². The fraction of sp³-hybridized carbons (Fsp3) is 0.684. The Bertz CT molecular complexity index is 374. The summed E-state index contributed by atoms with van der Waals surface area (Å²) in [6.07, 6.45) is 4.11. The fourth-order valence-corrected chi connectivity index (χ4v) is 3.85. The molecule has 1 aliphatic carbocycles. The summed E-state index contributed by atoms with van der Waals surface area (Å²) < 4.78 is 0. The standard InChI is InChI=1S/C19H31N/c1-14(2)19(17-8-6-5-7-9-17)13-20-18-11-15(3)10-16(4)12-18/h5-9,14-16,18-20H,10-13H2,1-4H3. The van der Waals surface area contributed by atoms with Crippen molar-refractivity contribution in [1.82, 2.24) is 5.32 Å². The molecule has 1 heteroatoms. The van der Waals surface area contributed by atoms with Gasteiger partial charge in [-0.1, -0.05) is 58.0 Å². The molecule has 1 fully saturated rings. The summed E-state index contributed by atoms with van der Waals surface area (Å²) in [5.74, 6) is 3.07. The molecule has 2 rings (SSSR count). The van der Waals surface area contributed by atoms with E-state index in [4.69, 9.17) is 0 Å². The van der Waals surface area contributed by atoms with Crippen molar-refractivity contribution in [2.24, 2.45) is 17.8 Å². The van der Waals surface area contributed by atoms with Crippen LogP contribution in [0.25, 0.3) is 0 Å². The smallest absolute Gasteiger partial charge is 0.00723 e. The van der Waals surface area contributed by atoms with E-state index in [0.717, 1.165) is 24.4 Å². The number of hydrogen-bond acceptors (Lipinski definition) is 1. The average Bonchev–Trinajstić information content (AvgIpc) is 2.38. The van der Waals surface area contributed by atoms with E-state index in [9.17, 15) is 0 Å². The molecule has 1 saturated carbocycles. The van der Waals surface area contributed by atoms with Crippen LogP contribution in [0.15, 0.2) is 30.3 Å². The van der Waals surface area contributed by atoms with E-state index in [2.05, 4.69) is 63.3 Å². The Labute approximate surface area is 125 Å². The van der Waals surface area contributed by atoms with Gasteiger partial charge in [0.1, 0.15) is 0 Å². The van der Waals surface area contributed by atoms with Crippen molar-refractivity contribution in [1.29, 1.82) is 0 Å². The van der Waals surface area contributed by atoms with Gasteiger partial charge in [0.2, 0.25) is 0 Å². The zero-order valence-corrected chi connectivity index (χ0v) is 13.6. The quantitative estimate of drug-likeness (QED) is 0.809. The number of benzene rings is 1. The second kappa shape index (κ2) is 7.26. The molecule has 20 heavy (non-hydrogen) atoms. The van der Waals surface area contributed by atoms with Gasteiger partial charge in [0.05, 0.1) is 0 Å². The first-order valence-corrected chi connectivity index (χ1v) is 8.34. The molecular formula is C19H31N. The Balaban J connectivity index is 1.93. The summed E-state index contributed by atoms with van der Waals surface area (Å²) >= 11 is 0. The molecule has 1 aliphatic rings. The maximum absolute atomic E-state index is 3.86. The van der Waals surface area contributed by atoms with E-state index in [-0.39, 0.29) is 0 Å². The first kappa shape index (κ1) is 15.6. The van der Waals surface area contributed by atoms with E-state index in [0.29, 0.717) is 11.8 Å². The summed E-state index contributed by atoms with van der Waals surface area (Å²) in [4.78, 5) is 0. The normalized spacial score (nSPS) is 28.6. The molecule has 1 aromatic rings. The molecular weight excluding hydrogens is 242 g/mol. The van der Waals surface area contributed by atoms with E-state index < -0.39 is 0 Å². The topological polar surface area (TPSA) is 12.0 Å². The van der Waals surface area contributed by atoms with E-state index in [1.807, 2.05) is 0 Å². The minimum Gasteiger partial charge on any atom is -0.313 e. The van der Waals surface area contributed by atoms with Gasteiger partial charge in [-0.3, -0.25) is 0 Å². The van der Waals surface area contributed by atoms with Crippen LogP contribution in [-0.4, -0.2) is 12.6 Å². The van der Waals surface area contributed by atoms with Crippen LogP contribution in [0, 0.1) is 17.8 Å². The minimum atomic E-state index is 0.628. The molecule has 112 valence electrons. The lowest BCUT2D eigenvalue weighted by Gasteiger charge is -2.34. The first-order valence-electron chi connectivity index (χ1n) is 8.34. The Kier molecular flexibility index (Phi) is 5.65. The third-order valence-corrected chi connectivity index (χ3v) is 4.84. The molecule has 0 bridgehead atoms. The molecule has 0 radical (unpaired) electrons. The van der Waals surface area contributed by atoms with Gasteiger partial charge in [0.25, 0.3) is 0 Å². The van der Waals surface area contributed by atoms with Crippen LogP contribution in [0.3, 0.4) is 0 Å². The zero-order chi connectivity index (χ0) is 14.5. The maximum atomic E-state index is 3.86. The highest BCUT2D eigenvalue weighted by Crippen LogP contribution is 2.29. The monoisotopic (exact) mass is 273 g/mol. The van der Waals surface area contributed by atoms with Crippen molar-refractivity contribution < 1.29 is 0 Å². The van der Waals surface area contributed by atoms with Crippen LogP contribution in [0.4, 0.5) is 0 Å². The molecule has 3 atom stereocenters. The Morgan fingerprint density at radius 2 is 1.60 bits per heavy atom. The summed E-state index contributed by atoms with van der Waals surface area (Å²) in [5.41, 5.74) is 1.48. The van der Waals surface area contributed by atoms with Gasteiger partial charge in [0, 0.05) is 12.6 Å². The van der Waals surface area contributed by atoms with Crippen molar-refractivity contribution in [2.75, 3.05) is 6.54 Å². The molecule has 0 heterocycles. The van der Waals surface area contributed by atoms with Gasteiger partial charge in [-0.05, 0) is 48.5 Å². The number of rotatable bonds is 5. The van der Waals surface area contributed by atoms with E-state index >= 15 is 0 Å². The highest BCUT2D eigenvalue weighted by Gasteiger charge is 2.25. The predicted molar refractivity (Wildman–Crippen MR) is 88.0 cm³/mol. The molecule has 0 aliphatic heterocycles. The molecule has 1 N–H and O–H groups in total. The first-order chi connectivity index (χ1) is 9.56. The third kappa shape index (κ3) is 4.34. The lowest BCUT2D eigenvalue weighted by molar-refractivity contribution is 0.233. The van der Waals surface area contributed by atoms with Crippen LogP contribution in [0.5, 0.6) is 0 Å². The van der Waals surface area contributed by atoms with Crippen LogP contribution >= 0.6 is 0 Å². The van der Waals surface area contributed by atoms with Gasteiger partial charge >= 0.3 is 0 Å². The van der Waals surface area contributed by atoms with Gasteiger partial charge < -0.3 is 5.32 Å². The van der Waals surface area contributed by atoms with Crippen molar-refractivity contribution in [2.45, 2.75) is 58.9 Å². The van der Waals surface area contributed by atoms with Crippen LogP contribution in [-0.2, 0) is 0 Å². The Hall–Kier alpha value is -0.820. The summed E-state index contributed by atoms with van der Waals surface area (Å²) in [5, 5.41) is 3.86. The minimum absolute atomic E-state index is 0.628. The molecule has 1 aromatic carbocycles. The molecule has 0 aromatic heterocycles. The Morgan fingerprint density at radius 1 is 1.00 bits per heavy atom. The summed E-state index contributed by atoms with van der Waals surface area (Å²) in [6.45, 7) is 10.6. The highest BCUT2D eigenvalue weighted by atomic mass is 14.9. The van der Waals surface area contributed by atoms with Crippen molar-refractivity contribution in [3.8, 4) is 0 Å².